The highest BCUT2D eigenvalue weighted by molar-refractivity contribution is 5.57. The van der Waals surface area contributed by atoms with E-state index in [0.717, 1.165) is 30.8 Å². The number of hydrogen-bond acceptors (Lipinski definition) is 4. The summed E-state index contributed by atoms with van der Waals surface area (Å²) in [7, 11) is 0. The first-order chi connectivity index (χ1) is 8.72. The molecule has 1 aromatic carbocycles. The summed E-state index contributed by atoms with van der Waals surface area (Å²) in [6.45, 7) is 7.06. The van der Waals surface area contributed by atoms with Crippen molar-refractivity contribution in [1.82, 2.24) is 10.3 Å². The lowest BCUT2D eigenvalue weighted by molar-refractivity contribution is 0.301. The van der Waals surface area contributed by atoms with Gasteiger partial charge in [-0.2, -0.15) is 0 Å². The van der Waals surface area contributed by atoms with Crippen molar-refractivity contribution in [3.8, 4) is 0 Å². The topological polar surface area (TPSA) is 51.0 Å². The molecule has 0 unspecified atom stereocenters. The number of nitrogens with zero attached hydrogens (tertiary/aromatic N) is 2. The van der Waals surface area contributed by atoms with Gasteiger partial charge in [-0.15, -0.1) is 0 Å². The van der Waals surface area contributed by atoms with Crippen molar-refractivity contribution in [2.45, 2.75) is 33.6 Å². The van der Waals surface area contributed by atoms with Crippen LogP contribution in [0.25, 0.3) is 0 Å². The van der Waals surface area contributed by atoms with Crippen LogP contribution >= 0.6 is 0 Å². The van der Waals surface area contributed by atoms with E-state index in [1.165, 1.54) is 16.8 Å². The minimum Gasteiger partial charge on any atom is -0.384 e. The van der Waals surface area contributed by atoms with E-state index < -0.39 is 0 Å². The maximum absolute atomic E-state index is 4.69. The van der Waals surface area contributed by atoms with Crippen LogP contribution in [0.15, 0.2) is 22.8 Å². The largest absolute Gasteiger partial charge is 0.384 e. The molecule has 4 nitrogen and oxygen atoms in total. The van der Waals surface area contributed by atoms with Crippen LogP contribution in [0.4, 0.5) is 5.69 Å². The molecule has 0 spiro atoms. The lowest BCUT2D eigenvalue weighted by Crippen LogP contribution is -2.09. The summed E-state index contributed by atoms with van der Waals surface area (Å²) in [5.74, 6) is 0. The average Bonchev–Trinajstić information content (AvgIpc) is 2.77. The molecule has 0 saturated carbocycles. The van der Waals surface area contributed by atoms with Crippen molar-refractivity contribution < 1.29 is 4.63 Å². The number of hydrogen-bond donors (Lipinski definition) is 1. The van der Waals surface area contributed by atoms with Crippen LogP contribution in [0.3, 0.4) is 0 Å². The van der Waals surface area contributed by atoms with E-state index in [4.69, 9.17) is 0 Å². The van der Waals surface area contributed by atoms with Gasteiger partial charge in [-0.1, -0.05) is 35.4 Å². The smallest absolute Gasteiger partial charge is 0.109 e. The Morgan fingerprint density at radius 2 is 2.06 bits per heavy atom. The van der Waals surface area contributed by atoms with Gasteiger partial charge in [0.2, 0.25) is 0 Å². The molecule has 0 radical (unpaired) electrons. The second kappa shape index (κ2) is 5.67. The van der Waals surface area contributed by atoms with Crippen molar-refractivity contribution in [1.29, 1.82) is 0 Å². The Bertz CT molecular complexity index is 520. The predicted molar refractivity (Wildman–Crippen MR) is 71.8 cm³/mol. The minimum absolute atomic E-state index is 0.826. The first-order valence-corrected chi connectivity index (χ1v) is 6.32. The molecule has 0 aliphatic carbocycles. The van der Waals surface area contributed by atoms with Crippen LogP contribution in [0.5, 0.6) is 0 Å². The Kier molecular flexibility index (Phi) is 3.97. The third kappa shape index (κ3) is 2.70. The van der Waals surface area contributed by atoms with Crippen molar-refractivity contribution in [2.24, 2.45) is 0 Å². The molecule has 18 heavy (non-hydrogen) atoms. The Labute approximate surface area is 107 Å². The highest BCUT2D eigenvalue weighted by atomic mass is 16.6. The van der Waals surface area contributed by atoms with E-state index in [2.05, 4.69) is 52.3 Å². The van der Waals surface area contributed by atoms with Gasteiger partial charge in [0.05, 0.1) is 0 Å². The molecule has 0 atom stereocenters. The zero-order valence-corrected chi connectivity index (χ0v) is 11.2. The van der Waals surface area contributed by atoms with E-state index in [0.29, 0.717) is 0 Å². The highest BCUT2D eigenvalue weighted by Gasteiger charge is 2.06. The van der Waals surface area contributed by atoms with Gasteiger partial charge in [0.1, 0.15) is 11.4 Å². The van der Waals surface area contributed by atoms with Gasteiger partial charge in [-0.25, -0.2) is 4.63 Å². The number of benzene rings is 1. The summed E-state index contributed by atoms with van der Waals surface area (Å²) in [4.78, 5) is 0. The van der Waals surface area contributed by atoms with Crippen molar-refractivity contribution in [2.75, 3.05) is 11.9 Å². The molecule has 2 rings (SSSR count). The van der Waals surface area contributed by atoms with E-state index in [-0.39, 0.29) is 0 Å². The Balaban J connectivity index is 2.00. The molecule has 0 aliphatic heterocycles. The van der Waals surface area contributed by atoms with Crippen LogP contribution in [0.1, 0.15) is 29.4 Å². The molecule has 1 heterocycles. The Hall–Kier alpha value is -1.84. The van der Waals surface area contributed by atoms with Gasteiger partial charge >= 0.3 is 0 Å². The first-order valence-electron chi connectivity index (χ1n) is 6.32. The molecule has 0 aliphatic rings. The number of para-hydroxylation sites is 1. The van der Waals surface area contributed by atoms with E-state index in [9.17, 15) is 0 Å². The van der Waals surface area contributed by atoms with Crippen molar-refractivity contribution in [3.63, 3.8) is 0 Å². The molecule has 2 aromatic rings. The number of rotatable bonds is 5. The van der Waals surface area contributed by atoms with Crippen molar-refractivity contribution in [3.05, 3.63) is 40.7 Å². The third-order valence-electron chi connectivity index (χ3n) is 3.15. The molecule has 0 fully saturated rings. The summed E-state index contributed by atoms with van der Waals surface area (Å²) in [6.07, 6.45) is 1.86. The second-order valence-corrected chi connectivity index (χ2v) is 4.44. The summed E-state index contributed by atoms with van der Waals surface area (Å²) in [5.41, 5.74) is 5.68. The van der Waals surface area contributed by atoms with E-state index in [1.807, 2.05) is 6.92 Å². The molecular formula is C14H19N3O. The maximum atomic E-state index is 4.69. The normalized spacial score (nSPS) is 10.6. The van der Waals surface area contributed by atoms with Gasteiger partial charge in [-0.05, 0) is 31.4 Å². The number of aromatic nitrogens is 2. The van der Waals surface area contributed by atoms with Crippen LogP contribution in [-0.2, 0) is 12.8 Å². The van der Waals surface area contributed by atoms with E-state index >= 15 is 0 Å². The minimum atomic E-state index is 0.826. The van der Waals surface area contributed by atoms with Crippen LogP contribution in [0, 0.1) is 13.8 Å². The number of nitrogens with one attached hydrogen (secondary N) is 1. The molecule has 1 aromatic heterocycles. The summed E-state index contributed by atoms with van der Waals surface area (Å²) >= 11 is 0. The SMILES string of the molecule is CCc1cccc(C)c1NCCc1nonc1C. The monoisotopic (exact) mass is 245 g/mol. The lowest BCUT2D eigenvalue weighted by atomic mass is 10.1. The van der Waals surface area contributed by atoms with Crippen LogP contribution < -0.4 is 5.32 Å². The third-order valence-corrected chi connectivity index (χ3v) is 3.15. The predicted octanol–water partition coefficient (Wildman–Crippen LogP) is 2.90. The number of aryl methyl sites for hydroxylation is 3. The van der Waals surface area contributed by atoms with Gasteiger partial charge < -0.3 is 5.32 Å². The molecule has 96 valence electrons. The molecular weight excluding hydrogens is 226 g/mol. The van der Waals surface area contributed by atoms with E-state index in [1.54, 1.807) is 0 Å². The fourth-order valence-electron chi connectivity index (χ4n) is 2.06. The van der Waals surface area contributed by atoms with Gasteiger partial charge in [0.25, 0.3) is 0 Å². The maximum Gasteiger partial charge on any atom is 0.109 e. The molecule has 4 heteroatoms. The molecule has 0 saturated heterocycles. The first kappa shape index (κ1) is 12.6. The standard InChI is InChI=1S/C14H19N3O/c1-4-12-7-5-6-10(2)14(12)15-9-8-13-11(3)16-18-17-13/h5-7,15H,4,8-9H2,1-3H3. The molecule has 1 N–H and O–H groups in total. The van der Waals surface area contributed by atoms with Gasteiger partial charge in [0, 0.05) is 18.7 Å². The Morgan fingerprint density at radius 3 is 2.72 bits per heavy atom. The molecule has 0 amide bonds. The van der Waals surface area contributed by atoms with Gasteiger partial charge in [-0.3, -0.25) is 0 Å². The average molecular weight is 245 g/mol. The zero-order valence-electron chi connectivity index (χ0n) is 11.2. The summed E-state index contributed by atoms with van der Waals surface area (Å²) in [6, 6.07) is 6.40. The summed E-state index contributed by atoms with van der Waals surface area (Å²) < 4.78 is 4.69. The summed E-state index contributed by atoms with van der Waals surface area (Å²) in [5, 5.41) is 11.2. The van der Waals surface area contributed by atoms with Gasteiger partial charge in [0.15, 0.2) is 0 Å². The highest BCUT2D eigenvalue weighted by Crippen LogP contribution is 2.20. The fraction of sp³-hybridized carbons (Fsp3) is 0.429. The van der Waals surface area contributed by atoms with Crippen LogP contribution in [0.2, 0.25) is 0 Å². The lowest BCUT2D eigenvalue weighted by Gasteiger charge is -2.13. The number of anilines is 1. The second-order valence-electron chi connectivity index (χ2n) is 4.44. The Morgan fingerprint density at radius 1 is 1.22 bits per heavy atom. The fourth-order valence-corrected chi connectivity index (χ4v) is 2.06. The van der Waals surface area contributed by atoms with Crippen molar-refractivity contribution >= 4 is 5.69 Å². The zero-order chi connectivity index (χ0) is 13.0. The quantitative estimate of drug-likeness (QED) is 0.880. The molecule has 0 bridgehead atoms. The van der Waals surface area contributed by atoms with Crippen LogP contribution in [-0.4, -0.2) is 16.9 Å².